The van der Waals surface area contributed by atoms with E-state index >= 15 is 0 Å². The number of thiazole rings is 1. The van der Waals surface area contributed by atoms with Crippen molar-refractivity contribution < 1.29 is 4.74 Å². The smallest absolute Gasteiger partial charge is 0.134 e. The van der Waals surface area contributed by atoms with Gasteiger partial charge in [0.2, 0.25) is 0 Å². The van der Waals surface area contributed by atoms with Gasteiger partial charge in [-0.2, -0.15) is 5.26 Å². The van der Waals surface area contributed by atoms with Crippen LogP contribution in [0.3, 0.4) is 0 Å². The van der Waals surface area contributed by atoms with Crippen LogP contribution in [0.2, 0.25) is 0 Å². The van der Waals surface area contributed by atoms with Crippen LogP contribution < -0.4 is 4.74 Å². The summed E-state index contributed by atoms with van der Waals surface area (Å²) in [6.45, 7) is 5.91. The van der Waals surface area contributed by atoms with Crippen molar-refractivity contribution in [1.82, 2.24) is 4.98 Å². The summed E-state index contributed by atoms with van der Waals surface area (Å²) in [5.74, 6) is 0.834. The highest BCUT2D eigenvalue weighted by Crippen LogP contribution is 2.22. The minimum atomic E-state index is 0.157. The zero-order valence-electron chi connectivity index (χ0n) is 11.8. The number of rotatable bonds is 4. The standard InChI is InChI=1S/C16H16N2OS/c1-11(2)19-15-6-4-13(5-7-15)8-14(9-17)16-18-12(3)10-20-16/h4-8,10-11H,1-3H3/b14-8-. The summed E-state index contributed by atoms with van der Waals surface area (Å²) in [4.78, 5) is 4.34. The molecule has 0 aliphatic carbocycles. The van der Waals surface area contributed by atoms with E-state index in [2.05, 4.69) is 11.1 Å². The van der Waals surface area contributed by atoms with E-state index in [9.17, 15) is 5.26 Å². The Morgan fingerprint density at radius 2 is 2.05 bits per heavy atom. The third kappa shape index (κ3) is 3.69. The van der Waals surface area contributed by atoms with Crippen LogP contribution in [0, 0.1) is 18.3 Å². The topological polar surface area (TPSA) is 45.9 Å². The zero-order valence-corrected chi connectivity index (χ0v) is 12.6. The SMILES string of the molecule is Cc1csc(/C(C#N)=C\c2ccc(OC(C)C)cc2)n1. The monoisotopic (exact) mass is 284 g/mol. The van der Waals surface area contributed by atoms with Gasteiger partial charge in [-0.25, -0.2) is 4.98 Å². The Labute approximate surface area is 123 Å². The van der Waals surface area contributed by atoms with Crippen LogP contribution in [0.5, 0.6) is 5.75 Å². The Morgan fingerprint density at radius 1 is 1.35 bits per heavy atom. The van der Waals surface area contributed by atoms with Gasteiger partial charge in [-0.15, -0.1) is 11.3 Å². The van der Waals surface area contributed by atoms with Crippen LogP contribution >= 0.6 is 11.3 Å². The molecule has 0 bridgehead atoms. The van der Waals surface area contributed by atoms with E-state index in [4.69, 9.17) is 4.74 Å². The first kappa shape index (κ1) is 14.3. The molecule has 2 rings (SSSR count). The third-order valence-corrected chi connectivity index (χ3v) is 3.53. The van der Waals surface area contributed by atoms with E-state index in [1.807, 2.05) is 56.5 Å². The van der Waals surface area contributed by atoms with E-state index < -0.39 is 0 Å². The summed E-state index contributed by atoms with van der Waals surface area (Å²) in [7, 11) is 0. The third-order valence-electron chi connectivity index (χ3n) is 2.53. The summed E-state index contributed by atoms with van der Waals surface area (Å²) in [5, 5.41) is 11.9. The van der Waals surface area contributed by atoms with Crippen molar-refractivity contribution in [3.63, 3.8) is 0 Å². The number of nitrogens with zero attached hydrogens (tertiary/aromatic N) is 2. The molecule has 1 aromatic carbocycles. The van der Waals surface area contributed by atoms with Crippen molar-refractivity contribution in [2.45, 2.75) is 26.9 Å². The van der Waals surface area contributed by atoms with Crippen LogP contribution in [-0.2, 0) is 0 Å². The van der Waals surface area contributed by atoms with E-state index in [1.165, 1.54) is 11.3 Å². The highest BCUT2D eigenvalue weighted by Gasteiger charge is 2.05. The molecule has 0 N–H and O–H groups in total. The molecule has 1 heterocycles. The van der Waals surface area contributed by atoms with Crippen molar-refractivity contribution in [3.05, 3.63) is 45.9 Å². The van der Waals surface area contributed by atoms with Crippen LogP contribution in [0.15, 0.2) is 29.6 Å². The lowest BCUT2D eigenvalue weighted by atomic mass is 10.1. The van der Waals surface area contributed by atoms with Crippen molar-refractivity contribution in [2.24, 2.45) is 0 Å². The molecule has 2 aromatic rings. The first-order valence-electron chi connectivity index (χ1n) is 6.39. The molecule has 3 nitrogen and oxygen atoms in total. The highest BCUT2D eigenvalue weighted by molar-refractivity contribution is 7.11. The molecular weight excluding hydrogens is 268 g/mol. The van der Waals surface area contributed by atoms with E-state index in [0.29, 0.717) is 5.57 Å². The maximum Gasteiger partial charge on any atom is 0.134 e. The Morgan fingerprint density at radius 3 is 2.55 bits per heavy atom. The number of ether oxygens (including phenoxy) is 1. The molecule has 0 atom stereocenters. The molecule has 4 heteroatoms. The predicted octanol–water partition coefficient (Wildman–Crippen LogP) is 4.30. The van der Waals surface area contributed by atoms with E-state index in [-0.39, 0.29) is 6.10 Å². The summed E-state index contributed by atoms with van der Waals surface area (Å²) in [5.41, 5.74) is 2.48. The number of benzene rings is 1. The Balaban J connectivity index is 2.22. The normalized spacial score (nSPS) is 11.4. The van der Waals surface area contributed by atoms with Gasteiger partial charge >= 0.3 is 0 Å². The number of hydrogen-bond donors (Lipinski definition) is 0. The van der Waals surface area contributed by atoms with Gasteiger partial charge in [-0.3, -0.25) is 0 Å². The van der Waals surface area contributed by atoms with E-state index in [1.54, 1.807) is 0 Å². The fraction of sp³-hybridized carbons (Fsp3) is 0.250. The second-order valence-electron chi connectivity index (χ2n) is 4.70. The summed E-state index contributed by atoms with van der Waals surface area (Å²) < 4.78 is 5.59. The Kier molecular flexibility index (Phi) is 4.54. The number of aryl methyl sites for hydroxylation is 1. The van der Waals surface area contributed by atoms with Gasteiger partial charge in [-0.1, -0.05) is 12.1 Å². The molecule has 102 valence electrons. The molecule has 0 radical (unpaired) electrons. The molecule has 0 spiro atoms. The van der Waals surface area contributed by atoms with Gasteiger partial charge in [-0.05, 0) is 44.5 Å². The lowest BCUT2D eigenvalue weighted by Crippen LogP contribution is -2.05. The molecule has 1 aromatic heterocycles. The van der Waals surface area contributed by atoms with Crippen LogP contribution in [0.1, 0.15) is 30.1 Å². The molecule has 0 aliphatic heterocycles. The van der Waals surface area contributed by atoms with Crippen molar-refractivity contribution in [2.75, 3.05) is 0 Å². The molecule has 0 amide bonds. The maximum absolute atomic E-state index is 9.25. The maximum atomic E-state index is 9.25. The fourth-order valence-corrected chi connectivity index (χ4v) is 2.46. The van der Waals surface area contributed by atoms with Crippen molar-refractivity contribution >= 4 is 23.0 Å². The number of aromatic nitrogens is 1. The molecule has 0 saturated heterocycles. The van der Waals surface area contributed by atoms with Crippen LogP contribution in [0.25, 0.3) is 11.6 Å². The van der Waals surface area contributed by atoms with Gasteiger partial charge < -0.3 is 4.74 Å². The second kappa shape index (κ2) is 6.36. The molecule has 20 heavy (non-hydrogen) atoms. The largest absolute Gasteiger partial charge is 0.491 e. The highest BCUT2D eigenvalue weighted by atomic mass is 32.1. The quantitative estimate of drug-likeness (QED) is 0.786. The summed E-state index contributed by atoms with van der Waals surface area (Å²) in [6, 6.07) is 9.91. The minimum absolute atomic E-state index is 0.157. The lowest BCUT2D eigenvalue weighted by molar-refractivity contribution is 0.242. The summed E-state index contributed by atoms with van der Waals surface area (Å²) in [6.07, 6.45) is 2.00. The molecule has 0 unspecified atom stereocenters. The van der Waals surface area contributed by atoms with Crippen molar-refractivity contribution in [1.29, 1.82) is 5.26 Å². The van der Waals surface area contributed by atoms with Crippen molar-refractivity contribution in [3.8, 4) is 11.8 Å². The molecule has 0 saturated carbocycles. The number of allylic oxidation sites excluding steroid dienone is 1. The first-order chi connectivity index (χ1) is 9.58. The van der Waals surface area contributed by atoms with Gasteiger partial charge in [0.25, 0.3) is 0 Å². The average molecular weight is 284 g/mol. The van der Waals surface area contributed by atoms with Gasteiger partial charge in [0, 0.05) is 11.1 Å². The van der Waals surface area contributed by atoms with E-state index in [0.717, 1.165) is 22.0 Å². The zero-order chi connectivity index (χ0) is 14.5. The number of nitriles is 1. The molecule has 0 fully saturated rings. The van der Waals surface area contributed by atoms with Crippen LogP contribution in [-0.4, -0.2) is 11.1 Å². The van der Waals surface area contributed by atoms with Gasteiger partial charge in [0.15, 0.2) is 0 Å². The summed E-state index contributed by atoms with van der Waals surface area (Å²) >= 11 is 1.49. The minimum Gasteiger partial charge on any atom is -0.491 e. The Bertz CT molecular complexity index is 648. The Hall–Kier alpha value is -2.12. The van der Waals surface area contributed by atoms with Gasteiger partial charge in [0.05, 0.1) is 11.7 Å². The number of hydrogen-bond acceptors (Lipinski definition) is 4. The van der Waals surface area contributed by atoms with Gasteiger partial charge in [0.1, 0.15) is 16.8 Å². The van der Waals surface area contributed by atoms with Crippen LogP contribution in [0.4, 0.5) is 0 Å². The average Bonchev–Trinajstić information content (AvgIpc) is 2.84. The predicted molar refractivity (Wildman–Crippen MR) is 82.5 cm³/mol. The second-order valence-corrected chi connectivity index (χ2v) is 5.56. The lowest BCUT2D eigenvalue weighted by Gasteiger charge is -2.09. The first-order valence-corrected chi connectivity index (χ1v) is 7.27. The molecule has 0 aliphatic rings. The fourth-order valence-electron chi connectivity index (χ4n) is 1.70. The molecular formula is C16H16N2OS.